The van der Waals surface area contributed by atoms with Crippen molar-refractivity contribution in [2.45, 2.75) is 52.3 Å². The van der Waals surface area contributed by atoms with Gasteiger partial charge in [-0.15, -0.1) is 0 Å². The van der Waals surface area contributed by atoms with Crippen LogP contribution < -0.4 is 15.5 Å². The van der Waals surface area contributed by atoms with Gasteiger partial charge in [0.2, 0.25) is 5.91 Å². The van der Waals surface area contributed by atoms with Gasteiger partial charge in [0.05, 0.1) is 10.9 Å². The summed E-state index contributed by atoms with van der Waals surface area (Å²) in [6.45, 7) is 6.74. The summed E-state index contributed by atoms with van der Waals surface area (Å²) < 4.78 is 6.02. The summed E-state index contributed by atoms with van der Waals surface area (Å²) in [6.07, 6.45) is 1.21. The number of aryl methyl sites for hydroxylation is 1. The Morgan fingerprint density at radius 3 is 2.39 bits per heavy atom. The molecule has 41 heavy (non-hydrogen) atoms. The zero-order valence-corrected chi connectivity index (χ0v) is 24.3. The number of nitrogens with one attached hydrogen (secondary N) is 2. The number of benzene rings is 2. The van der Waals surface area contributed by atoms with Crippen LogP contribution in [0.1, 0.15) is 48.3 Å². The second-order valence-corrected chi connectivity index (χ2v) is 11.3. The van der Waals surface area contributed by atoms with E-state index in [0.717, 1.165) is 22.2 Å². The van der Waals surface area contributed by atoms with Crippen LogP contribution in [0.2, 0.25) is 0 Å². The molecule has 1 saturated heterocycles. The van der Waals surface area contributed by atoms with Crippen molar-refractivity contribution in [3.63, 3.8) is 0 Å². The highest BCUT2D eigenvalue weighted by Crippen LogP contribution is 2.30. The third-order valence-electron chi connectivity index (χ3n) is 7.67. The molecule has 3 N–H and O–H groups in total. The van der Waals surface area contributed by atoms with E-state index >= 15 is 0 Å². The molecule has 3 aromatic rings. The minimum absolute atomic E-state index is 0.0802. The standard InChI is InChI=1S/C31H39N5O5/c1-20-18-22(25-8-6-7-9-26(25)32-20)19-41-24-12-10-21(11-13-24)28(37)33-23-14-16-36(17-15-23)27(29(38)34-40)31(2,3)30(39)35(4)5/h6-13,18,23,27,40H,14-17,19H2,1-5H3,(H,33,37)(H,34,38). The molecule has 218 valence electrons. The lowest BCUT2D eigenvalue weighted by atomic mass is 9.80. The first-order chi connectivity index (χ1) is 19.5. The third-order valence-corrected chi connectivity index (χ3v) is 7.67. The van der Waals surface area contributed by atoms with Crippen molar-refractivity contribution in [2.75, 3.05) is 27.2 Å². The van der Waals surface area contributed by atoms with E-state index in [2.05, 4.69) is 10.3 Å². The van der Waals surface area contributed by atoms with Gasteiger partial charge in [-0.2, -0.15) is 0 Å². The van der Waals surface area contributed by atoms with Crippen LogP contribution in [0.4, 0.5) is 0 Å². The zero-order valence-electron chi connectivity index (χ0n) is 24.3. The summed E-state index contributed by atoms with van der Waals surface area (Å²) in [4.78, 5) is 46.3. The molecule has 0 bridgehead atoms. The van der Waals surface area contributed by atoms with E-state index in [1.807, 2.05) is 42.2 Å². The van der Waals surface area contributed by atoms with Gasteiger partial charge in [0.1, 0.15) is 18.4 Å². The van der Waals surface area contributed by atoms with Gasteiger partial charge in [0, 0.05) is 55.4 Å². The molecule has 1 fully saturated rings. The molecule has 0 saturated carbocycles. The Morgan fingerprint density at radius 2 is 1.76 bits per heavy atom. The Morgan fingerprint density at radius 1 is 1.10 bits per heavy atom. The van der Waals surface area contributed by atoms with Crippen molar-refractivity contribution in [1.29, 1.82) is 0 Å². The van der Waals surface area contributed by atoms with Crippen molar-refractivity contribution < 1.29 is 24.3 Å². The number of carbonyl (C=O) groups is 3. The second kappa shape index (κ2) is 12.7. The molecule has 1 aliphatic heterocycles. The summed E-state index contributed by atoms with van der Waals surface area (Å²) in [6, 6.07) is 16.1. The summed E-state index contributed by atoms with van der Waals surface area (Å²) in [7, 11) is 3.28. The number of pyridine rings is 1. The predicted molar refractivity (Wildman–Crippen MR) is 156 cm³/mol. The maximum atomic E-state index is 13.0. The van der Waals surface area contributed by atoms with Crippen LogP contribution in [-0.4, -0.2) is 77.0 Å². The second-order valence-electron chi connectivity index (χ2n) is 11.3. The van der Waals surface area contributed by atoms with Crippen molar-refractivity contribution in [3.8, 4) is 5.75 Å². The fraction of sp³-hybridized carbons (Fsp3) is 0.419. The number of hydrogen-bond acceptors (Lipinski definition) is 7. The SMILES string of the molecule is Cc1cc(COc2ccc(C(=O)NC3CCN(C(C(=O)NO)C(C)(C)C(=O)N(C)C)CC3)cc2)c2ccccc2n1. The van der Waals surface area contributed by atoms with E-state index in [-0.39, 0.29) is 17.9 Å². The molecule has 0 aliphatic carbocycles. The summed E-state index contributed by atoms with van der Waals surface area (Å²) in [5, 5.41) is 13.5. The van der Waals surface area contributed by atoms with Crippen molar-refractivity contribution in [2.24, 2.45) is 5.41 Å². The average molecular weight is 562 g/mol. The van der Waals surface area contributed by atoms with Crippen molar-refractivity contribution in [3.05, 3.63) is 71.4 Å². The van der Waals surface area contributed by atoms with Crippen LogP contribution in [0.5, 0.6) is 5.75 Å². The monoisotopic (exact) mass is 561 g/mol. The molecule has 4 rings (SSSR count). The number of amides is 3. The van der Waals surface area contributed by atoms with Gasteiger partial charge in [0.25, 0.3) is 11.8 Å². The number of rotatable bonds is 9. The van der Waals surface area contributed by atoms with Gasteiger partial charge in [0.15, 0.2) is 0 Å². The van der Waals surface area contributed by atoms with Crippen molar-refractivity contribution in [1.82, 2.24) is 25.6 Å². The Kier molecular flexibility index (Phi) is 9.25. The molecule has 1 aromatic heterocycles. The molecule has 10 nitrogen and oxygen atoms in total. The molecule has 0 spiro atoms. The molecule has 0 radical (unpaired) electrons. The first-order valence-electron chi connectivity index (χ1n) is 13.8. The third kappa shape index (κ3) is 6.83. The highest BCUT2D eigenvalue weighted by atomic mass is 16.5. The number of piperidine rings is 1. The molecule has 2 heterocycles. The average Bonchev–Trinajstić information content (AvgIpc) is 2.96. The molecule has 2 aromatic carbocycles. The summed E-state index contributed by atoms with van der Waals surface area (Å²) in [5.41, 5.74) is 4.11. The lowest BCUT2D eigenvalue weighted by molar-refractivity contribution is -0.152. The Hall–Kier alpha value is -4.02. The van der Waals surface area contributed by atoms with E-state index in [1.165, 1.54) is 4.90 Å². The van der Waals surface area contributed by atoms with Crippen LogP contribution in [0.25, 0.3) is 10.9 Å². The molecule has 1 unspecified atom stereocenters. The topological polar surface area (TPSA) is 124 Å². The number of hydrogen-bond donors (Lipinski definition) is 3. The van der Waals surface area contributed by atoms with Crippen LogP contribution in [-0.2, 0) is 16.2 Å². The molecule has 3 amide bonds. The Labute approximate surface area is 240 Å². The summed E-state index contributed by atoms with van der Waals surface area (Å²) >= 11 is 0. The van der Waals surface area contributed by atoms with Gasteiger partial charge < -0.3 is 15.0 Å². The number of nitrogens with zero attached hydrogens (tertiary/aromatic N) is 3. The highest BCUT2D eigenvalue weighted by molar-refractivity contribution is 5.94. The zero-order chi connectivity index (χ0) is 29.7. The number of para-hydroxylation sites is 1. The maximum Gasteiger partial charge on any atom is 0.261 e. The number of fused-ring (bicyclic) bond motifs is 1. The van der Waals surface area contributed by atoms with E-state index in [1.54, 1.807) is 57.7 Å². The summed E-state index contributed by atoms with van der Waals surface area (Å²) in [5.74, 6) is -0.351. The number of hydroxylamine groups is 1. The molecule has 10 heteroatoms. The normalized spacial score (nSPS) is 15.3. The number of carbonyl (C=O) groups excluding carboxylic acids is 3. The first-order valence-corrected chi connectivity index (χ1v) is 13.8. The van der Waals surface area contributed by atoms with Gasteiger partial charge >= 0.3 is 0 Å². The van der Waals surface area contributed by atoms with Gasteiger partial charge in [-0.1, -0.05) is 18.2 Å². The Bertz CT molecular complexity index is 1400. The molecule has 1 atom stereocenters. The van der Waals surface area contributed by atoms with Gasteiger partial charge in [-0.25, -0.2) is 5.48 Å². The number of aromatic nitrogens is 1. The van der Waals surface area contributed by atoms with Crippen LogP contribution >= 0.6 is 0 Å². The Balaban J connectivity index is 1.33. The van der Waals surface area contributed by atoms with Crippen LogP contribution in [0.15, 0.2) is 54.6 Å². The van der Waals surface area contributed by atoms with Gasteiger partial charge in [-0.3, -0.25) is 29.5 Å². The fourth-order valence-electron chi connectivity index (χ4n) is 5.65. The number of likely N-dealkylation sites (tertiary alicyclic amines) is 1. The largest absolute Gasteiger partial charge is 0.489 e. The van der Waals surface area contributed by atoms with E-state index < -0.39 is 17.4 Å². The van der Waals surface area contributed by atoms with Crippen LogP contribution in [0, 0.1) is 12.3 Å². The van der Waals surface area contributed by atoms with E-state index in [9.17, 15) is 19.6 Å². The van der Waals surface area contributed by atoms with Gasteiger partial charge in [-0.05, 0) is 70.0 Å². The quantitative estimate of drug-likeness (QED) is 0.271. The van der Waals surface area contributed by atoms with E-state index in [0.29, 0.717) is 43.9 Å². The fourth-order valence-corrected chi connectivity index (χ4v) is 5.65. The van der Waals surface area contributed by atoms with Crippen LogP contribution in [0.3, 0.4) is 0 Å². The maximum absolute atomic E-state index is 13.0. The minimum Gasteiger partial charge on any atom is -0.489 e. The smallest absolute Gasteiger partial charge is 0.261 e. The minimum atomic E-state index is -1.06. The lowest BCUT2D eigenvalue weighted by Gasteiger charge is -2.43. The molecule has 1 aliphatic rings. The lowest BCUT2D eigenvalue weighted by Crippen LogP contribution is -2.61. The molecular weight excluding hydrogens is 522 g/mol. The first kappa shape index (κ1) is 30.0. The van der Waals surface area contributed by atoms with Crippen molar-refractivity contribution >= 4 is 28.6 Å². The molecular formula is C31H39N5O5. The van der Waals surface area contributed by atoms with E-state index in [4.69, 9.17) is 4.74 Å². The predicted octanol–water partition coefficient (Wildman–Crippen LogP) is 3.30. The number of ether oxygens (including phenoxy) is 1. The highest BCUT2D eigenvalue weighted by Gasteiger charge is 2.46.